The van der Waals surface area contributed by atoms with Gasteiger partial charge in [-0.15, -0.1) is 0 Å². The summed E-state index contributed by atoms with van der Waals surface area (Å²) in [5, 5.41) is 11.7. The maximum absolute atomic E-state index is 4.80. The number of rotatable bonds is 1. The SMILES string of the molecule is CC1CNc2c(Br)c(C3CCNCC3)nn2C1. The first-order valence-corrected chi connectivity index (χ1v) is 7.26. The van der Waals surface area contributed by atoms with Crippen molar-refractivity contribution < 1.29 is 0 Å². The van der Waals surface area contributed by atoms with Crippen molar-refractivity contribution in [3.63, 3.8) is 0 Å². The molecule has 1 fully saturated rings. The fraction of sp³-hybridized carbons (Fsp3) is 0.750. The molecule has 0 amide bonds. The Bertz CT molecular complexity index is 409. The molecule has 4 nitrogen and oxygen atoms in total. The van der Waals surface area contributed by atoms with Gasteiger partial charge < -0.3 is 10.6 Å². The third kappa shape index (κ3) is 2.10. The fourth-order valence-corrected chi connectivity index (χ4v) is 3.49. The molecule has 2 aliphatic heterocycles. The number of anilines is 1. The molecule has 0 saturated carbocycles. The van der Waals surface area contributed by atoms with Crippen molar-refractivity contribution in [1.82, 2.24) is 15.1 Å². The summed E-state index contributed by atoms with van der Waals surface area (Å²) >= 11 is 3.73. The van der Waals surface area contributed by atoms with Crippen LogP contribution in [0, 0.1) is 5.92 Å². The number of hydrogen-bond donors (Lipinski definition) is 2. The van der Waals surface area contributed by atoms with Gasteiger partial charge in [-0.05, 0) is 47.8 Å². The highest BCUT2D eigenvalue weighted by Gasteiger charge is 2.26. The molecule has 94 valence electrons. The highest BCUT2D eigenvalue weighted by atomic mass is 79.9. The third-order valence-electron chi connectivity index (χ3n) is 3.75. The van der Waals surface area contributed by atoms with Crippen molar-refractivity contribution >= 4 is 21.7 Å². The van der Waals surface area contributed by atoms with Gasteiger partial charge in [0.2, 0.25) is 0 Å². The summed E-state index contributed by atoms with van der Waals surface area (Å²) < 4.78 is 3.33. The monoisotopic (exact) mass is 298 g/mol. The predicted molar refractivity (Wildman–Crippen MR) is 72.4 cm³/mol. The minimum absolute atomic E-state index is 0.612. The molecule has 3 heterocycles. The van der Waals surface area contributed by atoms with Crippen molar-refractivity contribution in [1.29, 1.82) is 0 Å². The minimum atomic E-state index is 0.612. The van der Waals surface area contributed by atoms with Crippen LogP contribution in [0.25, 0.3) is 0 Å². The number of hydrogen-bond acceptors (Lipinski definition) is 3. The molecule has 1 saturated heterocycles. The molecular weight excluding hydrogens is 280 g/mol. The molecule has 0 radical (unpaired) electrons. The van der Waals surface area contributed by atoms with E-state index in [2.05, 4.69) is 38.2 Å². The molecule has 0 spiro atoms. The number of piperidine rings is 1. The number of fused-ring (bicyclic) bond motifs is 1. The van der Waals surface area contributed by atoms with E-state index in [9.17, 15) is 0 Å². The minimum Gasteiger partial charge on any atom is -0.369 e. The van der Waals surface area contributed by atoms with E-state index in [1.54, 1.807) is 0 Å². The van der Waals surface area contributed by atoms with E-state index in [0.29, 0.717) is 11.8 Å². The number of aromatic nitrogens is 2. The zero-order valence-electron chi connectivity index (χ0n) is 10.2. The Kier molecular flexibility index (Phi) is 3.13. The Morgan fingerprint density at radius 2 is 2.12 bits per heavy atom. The standard InChI is InChI=1S/C12H19BrN4/c1-8-6-15-12-10(13)11(16-17(12)7-8)9-2-4-14-5-3-9/h8-9,14-15H,2-7H2,1H3. The highest BCUT2D eigenvalue weighted by Crippen LogP contribution is 2.36. The first-order valence-electron chi connectivity index (χ1n) is 6.46. The van der Waals surface area contributed by atoms with Crippen LogP contribution in [0.1, 0.15) is 31.4 Å². The normalized spacial score (nSPS) is 25.4. The van der Waals surface area contributed by atoms with E-state index in [0.717, 1.165) is 26.2 Å². The largest absolute Gasteiger partial charge is 0.369 e. The molecule has 1 aromatic rings. The molecule has 0 aliphatic carbocycles. The number of halogens is 1. The second-order valence-electron chi connectivity index (χ2n) is 5.24. The van der Waals surface area contributed by atoms with Gasteiger partial charge in [-0.25, -0.2) is 4.68 Å². The summed E-state index contributed by atoms with van der Waals surface area (Å²) in [5.41, 5.74) is 1.25. The Labute approximate surface area is 110 Å². The van der Waals surface area contributed by atoms with Crippen LogP contribution in [0.2, 0.25) is 0 Å². The summed E-state index contributed by atoms with van der Waals surface area (Å²) in [4.78, 5) is 0. The van der Waals surface area contributed by atoms with Gasteiger partial charge in [-0.3, -0.25) is 0 Å². The van der Waals surface area contributed by atoms with Crippen LogP contribution in [0.5, 0.6) is 0 Å². The lowest BCUT2D eigenvalue weighted by atomic mass is 9.95. The van der Waals surface area contributed by atoms with E-state index in [-0.39, 0.29) is 0 Å². The van der Waals surface area contributed by atoms with Crippen LogP contribution in [0.3, 0.4) is 0 Å². The van der Waals surface area contributed by atoms with Crippen LogP contribution in [-0.4, -0.2) is 29.4 Å². The lowest BCUT2D eigenvalue weighted by Gasteiger charge is -2.21. The third-order valence-corrected chi connectivity index (χ3v) is 4.53. The second kappa shape index (κ2) is 4.61. The van der Waals surface area contributed by atoms with Gasteiger partial charge in [0.1, 0.15) is 5.82 Å². The van der Waals surface area contributed by atoms with Gasteiger partial charge in [-0.2, -0.15) is 5.10 Å². The van der Waals surface area contributed by atoms with Gasteiger partial charge in [0.15, 0.2) is 0 Å². The molecule has 17 heavy (non-hydrogen) atoms. The maximum Gasteiger partial charge on any atom is 0.139 e. The Morgan fingerprint density at radius 3 is 2.88 bits per heavy atom. The van der Waals surface area contributed by atoms with Crippen LogP contribution >= 0.6 is 15.9 Å². The predicted octanol–water partition coefficient (Wildman–Crippen LogP) is 2.17. The summed E-state index contributed by atoms with van der Waals surface area (Å²) in [6, 6.07) is 0. The van der Waals surface area contributed by atoms with E-state index >= 15 is 0 Å². The summed E-state index contributed by atoms with van der Waals surface area (Å²) in [6.45, 7) is 6.57. The van der Waals surface area contributed by atoms with Gasteiger partial charge >= 0.3 is 0 Å². The van der Waals surface area contributed by atoms with Gasteiger partial charge in [0, 0.05) is 19.0 Å². The second-order valence-corrected chi connectivity index (χ2v) is 6.03. The van der Waals surface area contributed by atoms with Gasteiger partial charge in [-0.1, -0.05) is 6.92 Å². The maximum atomic E-state index is 4.80. The number of nitrogens with one attached hydrogen (secondary N) is 2. The molecule has 1 aromatic heterocycles. The number of nitrogens with zero attached hydrogens (tertiary/aromatic N) is 2. The van der Waals surface area contributed by atoms with Crippen molar-refractivity contribution in [2.45, 2.75) is 32.2 Å². The lowest BCUT2D eigenvalue weighted by molar-refractivity contribution is 0.423. The molecule has 5 heteroatoms. The molecule has 2 aliphatic rings. The van der Waals surface area contributed by atoms with Crippen molar-refractivity contribution in [3.8, 4) is 0 Å². The molecular formula is C12H19BrN4. The lowest BCUT2D eigenvalue weighted by Crippen LogP contribution is -2.27. The van der Waals surface area contributed by atoms with E-state index in [1.165, 1.54) is 28.8 Å². The summed E-state index contributed by atoms with van der Waals surface area (Å²) in [5.74, 6) is 2.45. The van der Waals surface area contributed by atoms with E-state index < -0.39 is 0 Å². The molecule has 1 unspecified atom stereocenters. The fourth-order valence-electron chi connectivity index (χ4n) is 2.75. The Balaban J connectivity index is 1.90. The Hall–Kier alpha value is -0.550. The van der Waals surface area contributed by atoms with Crippen LogP contribution in [-0.2, 0) is 6.54 Å². The molecule has 0 bridgehead atoms. The van der Waals surface area contributed by atoms with Crippen LogP contribution < -0.4 is 10.6 Å². The summed E-state index contributed by atoms with van der Waals surface area (Å²) in [6.07, 6.45) is 2.40. The van der Waals surface area contributed by atoms with Gasteiger partial charge in [0.25, 0.3) is 0 Å². The van der Waals surface area contributed by atoms with Crippen LogP contribution in [0.15, 0.2) is 4.47 Å². The van der Waals surface area contributed by atoms with Crippen molar-refractivity contribution in [2.75, 3.05) is 25.0 Å². The average molecular weight is 299 g/mol. The molecule has 1 atom stereocenters. The molecule has 0 aromatic carbocycles. The zero-order valence-corrected chi connectivity index (χ0v) is 11.8. The van der Waals surface area contributed by atoms with Crippen LogP contribution in [0.4, 0.5) is 5.82 Å². The zero-order chi connectivity index (χ0) is 11.8. The van der Waals surface area contributed by atoms with E-state index in [1.807, 2.05) is 0 Å². The summed E-state index contributed by atoms with van der Waals surface area (Å²) in [7, 11) is 0. The Morgan fingerprint density at radius 1 is 1.35 bits per heavy atom. The van der Waals surface area contributed by atoms with Crippen molar-refractivity contribution in [3.05, 3.63) is 10.2 Å². The first-order chi connectivity index (χ1) is 8.25. The highest BCUT2D eigenvalue weighted by molar-refractivity contribution is 9.10. The first kappa shape index (κ1) is 11.5. The van der Waals surface area contributed by atoms with Crippen molar-refractivity contribution in [2.24, 2.45) is 5.92 Å². The van der Waals surface area contributed by atoms with E-state index in [4.69, 9.17) is 5.10 Å². The average Bonchev–Trinajstić information content (AvgIpc) is 2.67. The smallest absolute Gasteiger partial charge is 0.139 e. The van der Waals surface area contributed by atoms with Gasteiger partial charge in [0.05, 0.1) is 10.2 Å². The quantitative estimate of drug-likeness (QED) is 0.835. The molecule has 2 N–H and O–H groups in total. The topological polar surface area (TPSA) is 41.9 Å². The molecule has 3 rings (SSSR count).